The lowest BCUT2D eigenvalue weighted by Gasteiger charge is -2.37. The van der Waals surface area contributed by atoms with Gasteiger partial charge in [0.1, 0.15) is 12.0 Å². The van der Waals surface area contributed by atoms with Gasteiger partial charge in [0.05, 0.1) is 18.1 Å². The minimum atomic E-state index is 0.149. The second-order valence-corrected chi connectivity index (χ2v) is 10.8. The highest BCUT2D eigenvalue weighted by molar-refractivity contribution is 5.94. The second-order valence-electron chi connectivity index (χ2n) is 10.8. The summed E-state index contributed by atoms with van der Waals surface area (Å²) in [7, 11) is 1.82. The molecule has 0 saturated carbocycles. The number of nitrogens with zero attached hydrogens (tertiary/aromatic N) is 6. The van der Waals surface area contributed by atoms with Crippen LogP contribution in [0.2, 0.25) is 0 Å². The number of aromatic nitrogens is 4. The number of fused-ring (bicyclic) bond motifs is 1. The van der Waals surface area contributed by atoms with Crippen molar-refractivity contribution in [2.24, 2.45) is 16.1 Å². The first kappa shape index (κ1) is 26.9. The first-order valence-corrected chi connectivity index (χ1v) is 12.9. The highest BCUT2D eigenvalue weighted by Gasteiger charge is 2.32. The van der Waals surface area contributed by atoms with E-state index in [4.69, 9.17) is 5.73 Å². The van der Waals surface area contributed by atoms with Crippen molar-refractivity contribution in [1.82, 2.24) is 24.0 Å². The van der Waals surface area contributed by atoms with Gasteiger partial charge >= 0.3 is 0 Å². The van der Waals surface area contributed by atoms with E-state index < -0.39 is 0 Å². The summed E-state index contributed by atoms with van der Waals surface area (Å²) in [4.78, 5) is 14.9. The van der Waals surface area contributed by atoms with Crippen molar-refractivity contribution < 1.29 is 0 Å². The molecule has 0 spiro atoms. The zero-order chi connectivity index (χ0) is 27.6. The molecule has 0 fully saturated rings. The number of imidazole rings is 2. The average molecular weight is 510 g/mol. The number of nitrogens with two attached hydrogens (primary N) is 1. The topological polar surface area (TPSA) is 77.3 Å². The first-order valence-electron chi connectivity index (χ1n) is 12.9. The Kier molecular flexibility index (Phi) is 7.58. The van der Waals surface area contributed by atoms with Gasteiger partial charge in [-0.25, -0.2) is 9.97 Å². The number of hydrogen-bond acceptors (Lipinski definition) is 5. The monoisotopic (exact) mass is 509 g/mol. The summed E-state index contributed by atoms with van der Waals surface area (Å²) in [6, 6.07) is 0.373. The molecule has 1 unspecified atom stereocenters. The molecule has 0 saturated heterocycles. The Hall–Kier alpha value is -4.13. The predicted molar refractivity (Wildman–Crippen MR) is 158 cm³/mol. The largest absolute Gasteiger partial charge is 0.369 e. The van der Waals surface area contributed by atoms with Crippen LogP contribution in [0.5, 0.6) is 0 Å². The molecule has 0 bridgehead atoms. The van der Waals surface area contributed by atoms with Crippen molar-refractivity contribution >= 4 is 23.2 Å². The molecule has 2 N–H and O–H groups in total. The molecule has 1 aliphatic heterocycles. The van der Waals surface area contributed by atoms with Crippen molar-refractivity contribution in [1.29, 1.82) is 0 Å². The van der Waals surface area contributed by atoms with Gasteiger partial charge in [0.25, 0.3) is 0 Å². The van der Waals surface area contributed by atoms with Crippen LogP contribution in [0.4, 0.5) is 5.82 Å². The van der Waals surface area contributed by atoms with Crippen LogP contribution < -0.4 is 5.73 Å². The quantitative estimate of drug-likeness (QED) is 0.417. The lowest BCUT2D eigenvalue weighted by atomic mass is 9.71. The smallest absolute Gasteiger partial charge is 0.202 e. The molecule has 0 aromatic carbocycles. The molecule has 1 aliphatic carbocycles. The Labute approximate surface area is 226 Å². The zero-order valence-corrected chi connectivity index (χ0v) is 23.4. The lowest BCUT2D eigenvalue weighted by Crippen LogP contribution is -2.34. The van der Waals surface area contributed by atoms with Gasteiger partial charge in [-0.05, 0) is 61.8 Å². The molecule has 7 nitrogen and oxygen atoms in total. The molecule has 1 atom stereocenters. The Morgan fingerprint density at radius 2 is 1.95 bits per heavy atom. The highest BCUT2D eigenvalue weighted by Crippen LogP contribution is 2.45. The van der Waals surface area contributed by atoms with Crippen LogP contribution in [0.3, 0.4) is 0 Å². The Morgan fingerprint density at radius 3 is 2.66 bits per heavy atom. The summed E-state index contributed by atoms with van der Waals surface area (Å²) < 4.78 is 4.06. The predicted octanol–water partition coefficient (Wildman–Crippen LogP) is 6.80. The molecule has 3 heterocycles. The third-order valence-electron chi connectivity index (χ3n) is 7.50. The summed E-state index contributed by atoms with van der Waals surface area (Å²) in [6.07, 6.45) is 22.6. The Morgan fingerprint density at radius 1 is 1.18 bits per heavy atom. The number of allylic oxidation sites excluding steroid dienone is 11. The number of hydrogen-bond donors (Lipinski definition) is 1. The molecule has 2 aromatic heterocycles. The lowest BCUT2D eigenvalue weighted by molar-refractivity contribution is 0.327. The number of aliphatic imine (C=N–C) groups is 1. The average Bonchev–Trinajstić information content (AvgIpc) is 3.53. The fourth-order valence-corrected chi connectivity index (χ4v) is 5.09. The number of rotatable bonds is 7. The van der Waals surface area contributed by atoms with Gasteiger partial charge < -0.3 is 15.2 Å². The fourth-order valence-electron chi connectivity index (χ4n) is 5.09. The molecule has 4 rings (SSSR count). The normalized spacial score (nSPS) is 20.5. The minimum absolute atomic E-state index is 0.149. The molecular weight excluding hydrogens is 470 g/mol. The third-order valence-corrected chi connectivity index (χ3v) is 7.50. The van der Waals surface area contributed by atoms with Gasteiger partial charge in [-0.15, -0.1) is 0 Å². The van der Waals surface area contributed by atoms with E-state index in [9.17, 15) is 0 Å². The minimum Gasteiger partial charge on any atom is -0.369 e. The maximum absolute atomic E-state index is 6.03. The van der Waals surface area contributed by atoms with Crippen LogP contribution in [0.25, 0.3) is 11.4 Å². The molecule has 0 amide bonds. The van der Waals surface area contributed by atoms with Crippen molar-refractivity contribution in [2.45, 2.75) is 53.5 Å². The van der Waals surface area contributed by atoms with Crippen molar-refractivity contribution in [3.8, 4) is 0 Å². The summed E-state index contributed by atoms with van der Waals surface area (Å²) in [5, 5.41) is 0. The summed E-state index contributed by atoms with van der Waals surface area (Å²) in [5.74, 6) is 1.03. The maximum Gasteiger partial charge on any atom is 0.202 e. The second kappa shape index (κ2) is 10.7. The Balaban J connectivity index is 1.47. The summed E-state index contributed by atoms with van der Waals surface area (Å²) in [5.41, 5.74) is 13.4. The SMILES string of the molecule is C=C1c2ncn(C(=C)/C=C(C)/C=C/C=C(C)/C=C/C3=C(C)C(n4ccnc4)CCC3(C)C)c2N=C(N)N1C. The van der Waals surface area contributed by atoms with Gasteiger partial charge in [-0.3, -0.25) is 4.57 Å². The first-order chi connectivity index (χ1) is 18.0. The van der Waals surface area contributed by atoms with E-state index in [0.717, 1.165) is 24.1 Å². The maximum atomic E-state index is 6.03. The van der Waals surface area contributed by atoms with Gasteiger partial charge in [-0.1, -0.05) is 63.0 Å². The van der Waals surface area contributed by atoms with Crippen LogP contribution in [-0.2, 0) is 0 Å². The molecule has 38 heavy (non-hydrogen) atoms. The molecular formula is C31H39N7. The third kappa shape index (κ3) is 5.42. The van der Waals surface area contributed by atoms with Crippen LogP contribution in [0, 0.1) is 5.41 Å². The van der Waals surface area contributed by atoms with Crippen molar-refractivity contribution in [3.63, 3.8) is 0 Å². The van der Waals surface area contributed by atoms with Gasteiger partial charge in [0.2, 0.25) is 5.96 Å². The summed E-state index contributed by atoms with van der Waals surface area (Å²) >= 11 is 0. The van der Waals surface area contributed by atoms with E-state index in [0.29, 0.717) is 29.2 Å². The number of guanidine groups is 1. The molecule has 7 heteroatoms. The fraction of sp³-hybridized carbons (Fsp3) is 0.323. The van der Waals surface area contributed by atoms with Gasteiger partial charge in [-0.2, -0.15) is 4.99 Å². The summed E-state index contributed by atoms with van der Waals surface area (Å²) in [6.45, 7) is 19.4. The van der Waals surface area contributed by atoms with Gasteiger partial charge in [0.15, 0.2) is 5.82 Å². The van der Waals surface area contributed by atoms with E-state index in [2.05, 4.69) is 97.0 Å². The van der Waals surface area contributed by atoms with E-state index in [1.165, 1.54) is 16.7 Å². The molecule has 2 aliphatic rings. The molecule has 0 radical (unpaired) electrons. The van der Waals surface area contributed by atoms with Crippen molar-refractivity contribution in [2.75, 3.05) is 7.05 Å². The van der Waals surface area contributed by atoms with Crippen LogP contribution in [0.1, 0.15) is 59.2 Å². The van der Waals surface area contributed by atoms with E-state index in [-0.39, 0.29) is 5.41 Å². The highest BCUT2D eigenvalue weighted by atomic mass is 15.3. The van der Waals surface area contributed by atoms with Gasteiger partial charge in [0, 0.05) is 25.1 Å². The van der Waals surface area contributed by atoms with Crippen LogP contribution in [0.15, 0.2) is 102 Å². The van der Waals surface area contributed by atoms with Crippen molar-refractivity contribution in [3.05, 3.63) is 103 Å². The Bertz CT molecular complexity index is 1420. The van der Waals surface area contributed by atoms with E-state index in [1.807, 2.05) is 37.1 Å². The van der Waals surface area contributed by atoms with Crippen LogP contribution in [-0.4, -0.2) is 37.0 Å². The van der Waals surface area contributed by atoms with E-state index >= 15 is 0 Å². The van der Waals surface area contributed by atoms with E-state index in [1.54, 1.807) is 11.2 Å². The molecule has 198 valence electrons. The molecule has 2 aromatic rings. The zero-order valence-electron chi connectivity index (χ0n) is 23.4. The standard InChI is InChI=1S/C31H39N7/c1-21(12-13-26-24(4)27(14-15-31(26,6)7)37-17-16-33-19-37)10-9-11-22(2)18-23(3)38-20-34-28-25(5)36(8)30(32)35-29(28)38/h9-13,16-20,27H,3,5,14-15H2,1-2,4,6-8H3,(H2,32,35)/b11-9+,13-12+,21-10+,22-18+. The van der Waals surface area contributed by atoms with Crippen LogP contribution >= 0.6 is 0 Å².